The maximum Gasteiger partial charge on any atom is 0.261 e. The van der Waals surface area contributed by atoms with Crippen LogP contribution in [0, 0.1) is 0 Å². The van der Waals surface area contributed by atoms with Crippen molar-refractivity contribution < 1.29 is 9.53 Å². The smallest absolute Gasteiger partial charge is 0.261 e. The molecule has 1 N–H and O–H groups in total. The highest BCUT2D eigenvalue weighted by Crippen LogP contribution is 2.19. The molecule has 1 saturated carbocycles. The van der Waals surface area contributed by atoms with Crippen LogP contribution in [0.4, 0.5) is 0 Å². The number of para-hydroxylation sites is 1. The highest BCUT2D eigenvalue weighted by atomic mass is 16.5. The number of rotatable bonds is 5. The van der Waals surface area contributed by atoms with Crippen LogP contribution in [0.1, 0.15) is 26.2 Å². The molecule has 1 aromatic carbocycles. The lowest BCUT2D eigenvalue weighted by atomic mass is 10.2. The van der Waals surface area contributed by atoms with Gasteiger partial charge in [-0.15, -0.1) is 0 Å². The zero-order chi connectivity index (χ0) is 11.4. The Bertz CT molecular complexity index is 346. The predicted molar refractivity (Wildman–Crippen MR) is 62.3 cm³/mol. The summed E-state index contributed by atoms with van der Waals surface area (Å²) in [4.78, 5) is 11.8. The van der Waals surface area contributed by atoms with E-state index in [4.69, 9.17) is 4.74 Å². The Morgan fingerprint density at radius 1 is 1.44 bits per heavy atom. The second-order valence-electron chi connectivity index (χ2n) is 4.11. The number of ether oxygens (including phenoxy) is 1. The fourth-order valence-corrected chi connectivity index (χ4v) is 1.51. The highest BCUT2D eigenvalue weighted by Gasteiger charge is 2.27. The summed E-state index contributed by atoms with van der Waals surface area (Å²) >= 11 is 0. The summed E-state index contributed by atoms with van der Waals surface area (Å²) in [5.74, 6) is 0.758. The van der Waals surface area contributed by atoms with E-state index in [2.05, 4.69) is 5.32 Å². The van der Waals surface area contributed by atoms with Crippen molar-refractivity contribution in [3.8, 4) is 5.75 Å². The van der Waals surface area contributed by atoms with Gasteiger partial charge in [0, 0.05) is 6.04 Å². The van der Waals surface area contributed by atoms with Crippen LogP contribution in [0.5, 0.6) is 5.75 Å². The van der Waals surface area contributed by atoms with Crippen LogP contribution in [-0.2, 0) is 4.79 Å². The van der Waals surface area contributed by atoms with Gasteiger partial charge in [0.25, 0.3) is 5.91 Å². The number of hydrogen-bond acceptors (Lipinski definition) is 2. The summed E-state index contributed by atoms with van der Waals surface area (Å²) in [5.41, 5.74) is 0. The fourth-order valence-electron chi connectivity index (χ4n) is 1.51. The maximum atomic E-state index is 11.8. The minimum atomic E-state index is -0.372. The Kier molecular flexibility index (Phi) is 3.44. The molecule has 1 fully saturated rings. The quantitative estimate of drug-likeness (QED) is 0.823. The average Bonchev–Trinajstić information content (AvgIpc) is 3.11. The van der Waals surface area contributed by atoms with E-state index >= 15 is 0 Å². The molecule has 0 saturated heterocycles. The third-order valence-electron chi connectivity index (χ3n) is 2.61. The number of amides is 1. The molecule has 0 radical (unpaired) electrons. The molecular formula is C13H17NO2. The van der Waals surface area contributed by atoms with E-state index in [0.29, 0.717) is 12.5 Å². The molecule has 2 rings (SSSR count). The molecule has 0 aromatic heterocycles. The Morgan fingerprint density at radius 2 is 2.12 bits per heavy atom. The Hall–Kier alpha value is -1.51. The van der Waals surface area contributed by atoms with E-state index in [1.165, 1.54) is 0 Å². The molecule has 0 spiro atoms. The van der Waals surface area contributed by atoms with Gasteiger partial charge in [0.05, 0.1) is 0 Å². The lowest BCUT2D eigenvalue weighted by Gasteiger charge is -2.16. The van der Waals surface area contributed by atoms with Gasteiger partial charge < -0.3 is 10.1 Å². The second-order valence-corrected chi connectivity index (χ2v) is 4.11. The topological polar surface area (TPSA) is 38.3 Å². The third kappa shape index (κ3) is 2.99. The molecule has 0 bridgehead atoms. The fraction of sp³-hybridized carbons (Fsp3) is 0.462. The maximum absolute atomic E-state index is 11.8. The van der Waals surface area contributed by atoms with Crippen molar-refractivity contribution in [1.82, 2.24) is 5.32 Å². The van der Waals surface area contributed by atoms with Crippen LogP contribution in [-0.4, -0.2) is 18.1 Å². The average molecular weight is 219 g/mol. The molecule has 0 unspecified atom stereocenters. The molecule has 0 aliphatic heterocycles. The Morgan fingerprint density at radius 3 is 2.69 bits per heavy atom. The van der Waals surface area contributed by atoms with Gasteiger partial charge in [-0.25, -0.2) is 0 Å². The highest BCUT2D eigenvalue weighted by molar-refractivity contribution is 5.81. The first kappa shape index (κ1) is 11.0. The van der Waals surface area contributed by atoms with Gasteiger partial charge in [-0.2, -0.15) is 0 Å². The van der Waals surface area contributed by atoms with E-state index in [0.717, 1.165) is 18.6 Å². The molecule has 1 atom stereocenters. The molecule has 0 heterocycles. The second kappa shape index (κ2) is 5.01. The molecule has 3 nitrogen and oxygen atoms in total. The Labute approximate surface area is 95.8 Å². The van der Waals surface area contributed by atoms with Crippen LogP contribution < -0.4 is 10.1 Å². The summed E-state index contributed by atoms with van der Waals surface area (Å²) in [6.07, 6.45) is 2.53. The van der Waals surface area contributed by atoms with Crippen molar-refractivity contribution in [3.05, 3.63) is 30.3 Å². The van der Waals surface area contributed by atoms with E-state index in [1.807, 2.05) is 37.3 Å². The van der Waals surface area contributed by atoms with Gasteiger partial charge in [-0.05, 0) is 31.4 Å². The first-order valence-corrected chi connectivity index (χ1v) is 5.81. The van der Waals surface area contributed by atoms with Crippen LogP contribution >= 0.6 is 0 Å². The monoisotopic (exact) mass is 219 g/mol. The summed E-state index contributed by atoms with van der Waals surface area (Å²) in [5, 5.41) is 2.96. The molecule has 1 aliphatic carbocycles. The Balaban J connectivity index is 1.91. The van der Waals surface area contributed by atoms with Crippen LogP contribution in [0.25, 0.3) is 0 Å². The van der Waals surface area contributed by atoms with Gasteiger partial charge in [0.1, 0.15) is 5.75 Å². The molecule has 1 aliphatic rings. The van der Waals surface area contributed by atoms with Crippen LogP contribution in [0.3, 0.4) is 0 Å². The van der Waals surface area contributed by atoms with Crippen molar-refractivity contribution in [2.45, 2.75) is 38.3 Å². The summed E-state index contributed by atoms with van der Waals surface area (Å²) < 4.78 is 5.64. The molecular weight excluding hydrogens is 202 g/mol. The number of carbonyl (C=O) groups excluding carboxylic acids is 1. The lowest BCUT2D eigenvalue weighted by Crippen LogP contribution is -2.39. The van der Waals surface area contributed by atoms with Gasteiger partial charge >= 0.3 is 0 Å². The predicted octanol–water partition coefficient (Wildman–Crippen LogP) is 2.12. The summed E-state index contributed by atoms with van der Waals surface area (Å²) in [6.45, 7) is 1.96. The number of nitrogens with one attached hydrogen (secondary N) is 1. The molecule has 1 amide bonds. The molecule has 16 heavy (non-hydrogen) atoms. The summed E-state index contributed by atoms with van der Waals surface area (Å²) in [6, 6.07) is 9.86. The van der Waals surface area contributed by atoms with E-state index < -0.39 is 0 Å². The van der Waals surface area contributed by atoms with Crippen molar-refractivity contribution in [1.29, 1.82) is 0 Å². The van der Waals surface area contributed by atoms with Crippen LogP contribution in [0.2, 0.25) is 0 Å². The molecule has 86 valence electrons. The molecule has 3 heteroatoms. The number of hydrogen-bond donors (Lipinski definition) is 1. The van der Waals surface area contributed by atoms with Gasteiger partial charge in [-0.1, -0.05) is 25.1 Å². The number of carbonyl (C=O) groups is 1. The first-order valence-electron chi connectivity index (χ1n) is 5.81. The first-order chi connectivity index (χ1) is 7.79. The van der Waals surface area contributed by atoms with Crippen molar-refractivity contribution in [2.24, 2.45) is 0 Å². The largest absolute Gasteiger partial charge is 0.481 e. The van der Waals surface area contributed by atoms with Gasteiger partial charge in [0.2, 0.25) is 0 Å². The normalized spacial score (nSPS) is 16.6. The zero-order valence-corrected chi connectivity index (χ0v) is 9.48. The zero-order valence-electron chi connectivity index (χ0n) is 9.48. The van der Waals surface area contributed by atoms with E-state index in [1.54, 1.807) is 0 Å². The molecule has 1 aromatic rings. The minimum absolute atomic E-state index is 0.00820. The van der Waals surface area contributed by atoms with Gasteiger partial charge in [-0.3, -0.25) is 4.79 Å². The van der Waals surface area contributed by atoms with Crippen LogP contribution in [0.15, 0.2) is 30.3 Å². The van der Waals surface area contributed by atoms with Crippen molar-refractivity contribution in [2.75, 3.05) is 0 Å². The lowest BCUT2D eigenvalue weighted by molar-refractivity contribution is -0.128. The third-order valence-corrected chi connectivity index (χ3v) is 2.61. The van der Waals surface area contributed by atoms with Crippen molar-refractivity contribution >= 4 is 5.91 Å². The number of benzene rings is 1. The van der Waals surface area contributed by atoms with E-state index in [9.17, 15) is 4.79 Å². The minimum Gasteiger partial charge on any atom is -0.481 e. The SMILES string of the molecule is CC[C@H](Oc1ccccc1)C(=O)NC1CC1. The standard InChI is InChI=1S/C13H17NO2/c1-2-12(13(15)14-10-8-9-10)16-11-6-4-3-5-7-11/h3-7,10,12H,2,8-9H2,1H3,(H,14,15)/t12-/m0/s1. The van der Waals surface area contributed by atoms with Crippen molar-refractivity contribution in [3.63, 3.8) is 0 Å². The van der Waals surface area contributed by atoms with E-state index in [-0.39, 0.29) is 12.0 Å². The van der Waals surface area contributed by atoms with Gasteiger partial charge in [0.15, 0.2) is 6.10 Å². The summed E-state index contributed by atoms with van der Waals surface area (Å²) in [7, 11) is 0.